The summed E-state index contributed by atoms with van der Waals surface area (Å²) in [6, 6.07) is 46.6. The van der Waals surface area contributed by atoms with Crippen molar-refractivity contribution in [2.75, 3.05) is 0 Å². The Morgan fingerprint density at radius 3 is 1.75 bits per heavy atom. The molecule has 0 N–H and O–H groups in total. The molecule has 186 valence electrons. The molecule has 0 spiro atoms. The van der Waals surface area contributed by atoms with Crippen LogP contribution in [0, 0.1) is 0 Å². The summed E-state index contributed by atoms with van der Waals surface area (Å²) < 4.78 is 0. The van der Waals surface area contributed by atoms with E-state index in [4.69, 9.17) is 15.0 Å². The van der Waals surface area contributed by atoms with Gasteiger partial charge in [0.05, 0.1) is 28.1 Å². The van der Waals surface area contributed by atoms with Gasteiger partial charge in [-0.25, -0.2) is 9.97 Å². The molecule has 0 unspecified atom stereocenters. The Hall–Kier alpha value is -5.41. The Labute approximate surface area is 231 Å². The van der Waals surface area contributed by atoms with Crippen LogP contribution in [0.25, 0.3) is 77.1 Å². The number of hydrogen-bond donors (Lipinski definition) is 0. The van der Waals surface area contributed by atoms with E-state index in [0.717, 1.165) is 55.6 Å². The van der Waals surface area contributed by atoms with E-state index in [1.807, 2.05) is 12.3 Å². The second-order valence-electron chi connectivity index (χ2n) is 10.1. The quantitative estimate of drug-likeness (QED) is 0.223. The molecule has 3 heteroatoms. The monoisotopic (exact) mass is 509 g/mol. The van der Waals surface area contributed by atoms with Crippen molar-refractivity contribution in [3.63, 3.8) is 0 Å². The van der Waals surface area contributed by atoms with Gasteiger partial charge in [-0.1, -0.05) is 103 Å². The van der Waals surface area contributed by atoms with E-state index in [1.54, 1.807) is 0 Å². The summed E-state index contributed by atoms with van der Waals surface area (Å²) in [5, 5.41) is 6.98. The molecule has 8 rings (SSSR count). The van der Waals surface area contributed by atoms with Crippen LogP contribution in [-0.4, -0.2) is 15.0 Å². The maximum absolute atomic E-state index is 5.17. The molecule has 0 saturated heterocycles. The molecule has 3 aromatic heterocycles. The Kier molecular flexibility index (Phi) is 5.14. The van der Waals surface area contributed by atoms with Crippen LogP contribution in [0.3, 0.4) is 0 Å². The third-order valence-corrected chi connectivity index (χ3v) is 7.69. The number of benzene rings is 5. The highest BCUT2D eigenvalue weighted by molar-refractivity contribution is 6.04. The second kappa shape index (κ2) is 9.11. The average Bonchev–Trinajstić information content (AvgIpc) is 3.03. The smallest absolute Gasteiger partial charge is 0.0972 e. The van der Waals surface area contributed by atoms with Gasteiger partial charge < -0.3 is 0 Å². The molecule has 0 fully saturated rings. The van der Waals surface area contributed by atoms with Gasteiger partial charge in [0.1, 0.15) is 0 Å². The van der Waals surface area contributed by atoms with Crippen LogP contribution >= 0.6 is 0 Å². The Bertz CT molecular complexity index is 2230. The first kappa shape index (κ1) is 22.6. The van der Waals surface area contributed by atoms with Crippen molar-refractivity contribution < 1.29 is 0 Å². The molecule has 0 radical (unpaired) electrons. The van der Waals surface area contributed by atoms with Crippen molar-refractivity contribution in [1.29, 1.82) is 0 Å². The number of pyridine rings is 3. The van der Waals surface area contributed by atoms with Crippen LogP contribution in [-0.2, 0) is 0 Å². The normalized spacial score (nSPS) is 11.5. The highest BCUT2D eigenvalue weighted by Crippen LogP contribution is 2.32. The van der Waals surface area contributed by atoms with Crippen LogP contribution in [0.5, 0.6) is 0 Å². The molecule has 3 nitrogen and oxygen atoms in total. The second-order valence-corrected chi connectivity index (χ2v) is 10.1. The lowest BCUT2D eigenvalue weighted by Gasteiger charge is -2.10. The Morgan fingerprint density at radius 1 is 0.375 bits per heavy atom. The van der Waals surface area contributed by atoms with Crippen molar-refractivity contribution in [3.05, 3.63) is 140 Å². The summed E-state index contributed by atoms with van der Waals surface area (Å²) in [6.07, 6.45) is 1.87. The molecular formula is C37H23N3. The molecule has 40 heavy (non-hydrogen) atoms. The van der Waals surface area contributed by atoms with E-state index in [9.17, 15) is 0 Å². The van der Waals surface area contributed by atoms with Crippen molar-refractivity contribution in [2.24, 2.45) is 0 Å². The molecule has 3 heterocycles. The number of nitrogens with zero attached hydrogens (tertiary/aromatic N) is 3. The summed E-state index contributed by atoms with van der Waals surface area (Å²) in [5.74, 6) is 0. The van der Waals surface area contributed by atoms with Gasteiger partial charge in [0.2, 0.25) is 0 Å². The van der Waals surface area contributed by atoms with E-state index in [-0.39, 0.29) is 0 Å². The average molecular weight is 510 g/mol. The first-order chi connectivity index (χ1) is 19.8. The molecule has 0 aliphatic rings. The van der Waals surface area contributed by atoms with E-state index < -0.39 is 0 Å². The number of rotatable bonds is 3. The molecule has 0 amide bonds. The zero-order valence-electron chi connectivity index (χ0n) is 21.6. The van der Waals surface area contributed by atoms with Crippen molar-refractivity contribution in [1.82, 2.24) is 15.0 Å². The summed E-state index contributed by atoms with van der Waals surface area (Å²) >= 11 is 0. The van der Waals surface area contributed by atoms with Crippen molar-refractivity contribution in [2.45, 2.75) is 0 Å². The van der Waals surface area contributed by atoms with Crippen LogP contribution in [0.2, 0.25) is 0 Å². The van der Waals surface area contributed by atoms with E-state index >= 15 is 0 Å². The predicted molar refractivity (Wildman–Crippen MR) is 166 cm³/mol. The molecular weight excluding hydrogens is 486 g/mol. The van der Waals surface area contributed by atoms with E-state index in [0.29, 0.717) is 0 Å². The number of aromatic nitrogens is 3. The predicted octanol–water partition coefficient (Wildman–Crippen LogP) is 9.49. The van der Waals surface area contributed by atoms with Crippen LogP contribution in [0.15, 0.2) is 140 Å². The lowest BCUT2D eigenvalue weighted by atomic mass is 10.00. The first-order valence-electron chi connectivity index (χ1n) is 13.4. The van der Waals surface area contributed by atoms with Gasteiger partial charge in [0.25, 0.3) is 0 Å². The van der Waals surface area contributed by atoms with Crippen LogP contribution in [0.4, 0.5) is 0 Å². The van der Waals surface area contributed by atoms with Gasteiger partial charge >= 0.3 is 0 Å². The standard InChI is InChI=1S/C37H23N3/c1-2-8-28-22-29(15-12-24(28)6-1)33-18-16-26-13-14-27-17-19-34(40-37(27)36(26)39-33)30-20-21-38-35(23-30)32-11-5-9-25-7-3-4-10-31(25)32/h1-23H. The minimum Gasteiger partial charge on any atom is -0.256 e. The lowest BCUT2D eigenvalue weighted by molar-refractivity contribution is 1.31. The maximum Gasteiger partial charge on any atom is 0.0972 e. The summed E-state index contributed by atoms with van der Waals surface area (Å²) in [5.41, 5.74) is 7.85. The van der Waals surface area contributed by atoms with Gasteiger partial charge in [0, 0.05) is 33.7 Å². The topological polar surface area (TPSA) is 38.7 Å². The Balaban J connectivity index is 1.26. The lowest BCUT2D eigenvalue weighted by Crippen LogP contribution is -1.92. The van der Waals surface area contributed by atoms with Crippen molar-refractivity contribution in [3.8, 4) is 33.8 Å². The van der Waals surface area contributed by atoms with Gasteiger partial charge in [0.15, 0.2) is 0 Å². The maximum atomic E-state index is 5.17. The van der Waals surface area contributed by atoms with Crippen LogP contribution < -0.4 is 0 Å². The Morgan fingerprint density at radius 2 is 0.975 bits per heavy atom. The zero-order valence-corrected chi connectivity index (χ0v) is 21.6. The van der Waals surface area contributed by atoms with Crippen molar-refractivity contribution >= 4 is 43.4 Å². The van der Waals surface area contributed by atoms with Gasteiger partial charge in [-0.2, -0.15) is 0 Å². The minimum atomic E-state index is 0.904. The SMILES string of the molecule is c1ccc2cc(-c3ccc4ccc5ccc(-c6ccnc(-c7cccc8ccccc78)c6)nc5c4n3)ccc2c1. The molecule has 8 aromatic rings. The molecule has 0 aliphatic heterocycles. The third-order valence-electron chi connectivity index (χ3n) is 7.69. The summed E-state index contributed by atoms with van der Waals surface area (Å²) in [4.78, 5) is 15.0. The summed E-state index contributed by atoms with van der Waals surface area (Å²) in [7, 11) is 0. The largest absolute Gasteiger partial charge is 0.256 e. The molecule has 0 atom stereocenters. The fourth-order valence-electron chi connectivity index (χ4n) is 5.62. The molecule has 0 aliphatic carbocycles. The number of fused-ring (bicyclic) bond motifs is 5. The molecule has 0 saturated carbocycles. The van der Waals surface area contributed by atoms with E-state index in [2.05, 4.69) is 127 Å². The fourth-order valence-corrected chi connectivity index (χ4v) is 5.62. The first-order valence-corrected chi connectivity index (χ1v) is 13.4. The number of hydrogen-bond acceptors (Lipinski definition) is 3. The van der Waals surface area contributed by atoms with Gasteiger partial charge in [-0.15, -0.1) is 0 Å². The molecule has 0 bridgehead atoms. The van der Waals surface area contributed by atoms with Crippen LogP contribution in [0.1, 0.15) is 0 Å². The highest BCUT2D eigenvalue weighted by atomic mass is 14.8. The third kappa shape index (κ3) is 3.79. The van der Waals surface area contributed by atoms with Gasteiger partial charge in [-0.05, 0) is 51.9 Å². The van der Waals surface area contributed by atoms with E-state index in [1.165, 1.54) is 21.5 Å². The highest BCUT2D eigenvalue weighted by Gasteiger charge is 2.11. The minimum absolute atomic E-state index is 0.904. The zero-order chi connectivity index (χ0) is 26.5. The molecule has 5 aromatic carbocycles. The summed E-state index contributed by atoms with van der Waals surface area (Å²) in [6.45, 7) is 0. The fraction of sp³-hybridized carbons (Fsp3) is 0. The van der Waals surface area contributed by atoms with Gasteiger partial charge in [-0.3, -0.25) is 4.98 Å².